The van der Waals surface area contributed by atoms with E-state index in [9.17, 15) is 8.42 Å². The molecule has 0 unspecified atom stereocenters. The second kappa shape index (κ2) is 9.15. The fourth-order valence-corrected chi connectivity index (χ4v) is 4.98. The standard InChI is InChI=1S/C26H24N4O3S/c1-34(31,32)30-14-13-20-11-12-21(15-24(20)30)29-26-16-23(27-18-28-26)22-9-5-6-10-25(22)33-17-19-7-3-2-4-8-19/h2-12,15-16,18H,13-14,17H2,1H3,(H,27,28,29). The van der Waals surface area contributed by atoms with Gasteiger partial charge in [0.2, 0.25) is 10.0 Å². The van der Waals surface area contributed by atoms with Crippen molar-refractivity contribution in [1.29, 1.82) is 0 Å². The predicted molar refractivity (Wildman–Crippen MR) is 134 cm³/mol. The van der Waals surface area contributed by atoms with Crippen LogP contribution >= 0.6 is 0 Å². The summed E-state index contributed by atoms with van der Waals surface area (Å²) in [6, 6.07) is 25.4. The molecule has 0 amide bonds. The molecule has 3 aromatic carbocycles. The molecule has 0 spiro atoms. The Bertz CT molecular complexity index is 1430. The van der Waals surface area contributed by atoms with Crippen LogP contribution in [0.15, 0.2) is 85.2 Å². The third-order valence-corrected chi connectivity index (χ3v) is 6.86. The molecule has 1 N–H and O–H groups in total. The van der Waals surface area contributed by atoms with E-state index in [1.807, 2.05) is 78.9 Å². The first-order valence-electron chi connectivity index (χ1n) is 10.9. The molecule has 0 saturated carbocycles. The Balaban J connectivity index is 1.38. The molecule has 2 heterocycles. The zero-order valence-corrected chi connectivity index (χ0v) is 19.5. The molecule has 8 heteroatoms. The Morgan fingerprint density at radius 2 is 1.76 bits per heavy atom. The van der Waals surface area contributed by atoms with E-state index in [2.05, 4.69) is 15.3 Å². The van der Waals surface area contributed by atoms with Crippen LogP contribution in [0.25, 0.3) is 11.3 Å². The minimum atomic E-state index is -3.31. The molecular weight excluding hydrogens is 448 g/mol. The molecule has 0 aliphatic carbocycles. The Morgan fingerprint density at radius 3 is 2.59 bits per heavy atom. The van der Waals surface area contributed by atoms with Gasteiger partial charge < -0.3 is 10.1 Å². The molecule has 0 bridgehead atoms. The minimum absolute atomic E-state index is 0.458. The van der Waals surface area contributed by atoms with Crippen molar-refractivity contribution in [2.45, 2.75) is 13.0 Å². The van der Waals surface area contributed by atoms with Crippen LogP contribution in [0.5, 0.6) is 5.75 Å². The Kier molecular flexibility index (Phi) is 5.90. The number of sulfonamides is 1. The average molecular weight is 473 g/mol. The van der Waals surface area contributed by atoms with Crippen LogP contribution in [0.2, 0.25) is 0 Å². The van der Waals surface area contributed by atoms with Gasteiger partial charge in [-0.2, -0.15) is 0 Å². The van der Waals surface area contributed by atoms with Gasteiger partial charge in [-0.3, -0.25) is 4.31 Å². The first-order chi connectivity index (χ1) is 16.5. The first kappa shape index (κ1) is 21.9. The summed E-state index contributed by atoms with van der Waals surface area (Å²) in [4.78, 5) is 8.80. The molecule has 0 fully saturated rings. The number of nitrogens with zero attached hydrogens (tertiary/aromatic N) is 3. The van der Waals surface area contributed by atoms with Gasteiger partial charge in [0, 0.05) is 23.9 Å². The lowest BCUT2D eigenvalue weighted by Gasteiger charge is -2.17. The number of ether oxygens (including phenoxy) is 1. The van der Waals surface area contributed by atoms with Crippen molar-refractivity contribution in [2.24, 2.45) is 0 Å². The predicted octanol–water partition coefficient (Wildman–Crippen LogP) is 4.79. The number of hydrogen-bond acceptors (Lipinski definition) is 6. The maximum atomic E-state index is 12.1. The van der Waals surface area contributed by atoms with E-state index in [1.54, 1.807) is 0 Å². The monoisotopic (exact) mass is 472 g/mol. The summed E-state index contributed by atoms with van der Waals surface area (Å²) < 4.78 is 31.8. The van der Waals surface area contributed by atoms with Crippen LogP contribution < -0.4 is 14.4 Å². The van der Waals surface area contributed by atoms with E-state index >= 15 is 0 Å². The fourth-order valence-electron chi connectivity index (χ4n) is 4.03. The Morgan fingerprint density at radius 1 is 0.971 bits per heavy atom. The number of aromatic nitrogens is 2. The Labute approximate surface area is 199 Å². The highest BCUT2D eigenvalue weighted by molar-refractivity contribution is 7.92. The van der Waals surface area contributed by atoms with Gasteiger partial charge in [-0.15, -0.1) is 0 Å². The third kappa shape index (κ3) is 4.72. The van der Waals surface area contributed by atoms with Crippen molar-refractivity contribution in [3.05, 3.63) is 96.3 Å². The summed E-state index contributed by atoms with van der Waals surface area (Å²) in [5, 5.41) is 3.28. The maximum Gasteiger partial charge on any atom is 0.232 e. The first-order valence-corrected chi connectivity index (χ1v) is 12.8. The van der Waals surface area contributed by atoms with Crippen LogP contribution in [-0.4, -0.2) is 31.2 Å². The van der Waals surface area contributed by atoms with Gasteiger partial charge in [-0.1, -0.05) is 48.5 Å². The number of fused-ring (bicyclic) bond motifs is 1. The number of rotatable bonds is 7. The van der Waals surface area contributed by atoms with Crippen LogP contribution in [0.4, 0.5) is 17.2 Å². The van der Waals surface area contributed by atoms with Crippen molar-refractivity contribution in [3.63, 3.8) is 0 Å². The van der Waals surface area contributed by atoms with Gasteiger partial charge >= 0.3 is 0 Å². The van der Waals surface area contributed by atoms with E-state index in [0.29, 0.717) is 31.1 Å². The van der Waals surface area contributed by atoms with Crippen LogP contribution in [0.3, 0.4) is 0 Å². The van der Waals surface area contributed by atoms with Crippen molar-refractivity contribution < 1.29 is 13.2 Å². The highest BCUT2D eigenvalue weighted by atomic mass is 32.2. The Hall–Kier alpha value is -3.91. The van der Waals surface area contributed by atoms with Gasteiger partial charge in [0.1, 0.15) is 24.5 Å². The van der Waals surface area contributed by atoms with Crippen molar-refractivity contribution in [3.8, 4) is 17.0 Å². The molecular formula is C26H24N4O3S. The lowest BCUT2D eigenvalue weighted by atomic mass is 10.1. The molecule has 0 saturated heterocycles. The third-order valence-electron chi connectivity index (χ3n) is 5.68. The summed E-state index contributed by atoms with van der Waals surface area (Å²) in [7, 11) is -3.31. The summed E-state index contributed by atoms with van der Waals surface area (Å²) >= 11 is 0. The normalized spacial score (nSPS) is 12.9. The van der Waals surface area contributed by atoms with E-state index in [1.165, 1.54) is 16.9 Å². The molecule has 7 nitrogen and oxygen atoms in total. The zero-order valence-electron chi connectivity index (χ0n) is 18.7. The van der Waals surface area contributed by atoms with Gasteiger partial charge in [-0.05, 0) is 41.8 Å². The van der Waals surface area contributed by atoms with E-state index in [0.717, 1.165) is 33.8 Å². The minimum Gasteiger partial charge on any atom is -0.488 e. The summed E-state index contributed by atoms with van der Waals surface area (Å²) in [5.74, 6) is 1.34. The second-order valence-electron chi connectivity index (χ2n) is 8.11. The topological polar surface area (TPSA) is 84.4 Å². The molecule has 5 rings (SSSR count). The maximum absolute atomic E-state index is 12.1. The molecule has 0 radical (unpaired) electrons. The van der Waals surface area contributed by atoms with Gasteiger partial charge in [0.25, 0.3) is 0 Å². The highest BCUT2D eigenvalue weighted by Gasteiger charge is 2.26. The van der Waals surface area contributed by atoms with Crippen molar-refractivity contribution in [2.75, 3.05) is 22.4 Å². The number of para-hydroxylation sites is 1. The second-order valence-corrected chi connectivity index (χ2v) is 10.0. The van der Waals surface area contributed by atoms with Crippen molar-refractivity contribution in [1.82, 2.24) is 9.97 Å². The SMILES string of the molecule is CS(=O)(=O)N1CCc2ccc(Nc3cc(-c4ccccc4OCc4ccccc4)ncn3)cc21. The smallest absolute Gasteiger partial charge is 0.232 e. The molecule has 4 aromatic rings. The van der Waals surface area contributed by atoms with Gasteiger partial charge in [0.05, 0.1) is 17.6 Å². The van der Waals surface area contributed by atoms with Crippen LogP contribution in [-0.2, 0) is 23.1 Å². The molecule has 34 heavy (non-hydrogen) atoms. The van der Waals surface area contributed by atoms with E-state index in [4.69, 9.17) is 4.74 Å². The number of benzene rings is 3. The van der Waals surface area contributed by atoms with E-state index < -0.39 is 10.0 Å². The van der Waals surface area contributed by atoms with Crippen LogP contribution in [0, 0.1) is 0 Å². The highest BCUT2D eigenvalue weighted by Crippen LogP contribution is 2.34. The largest absolute Gasteiger partial charge is 0.488 e. The van der Waals surface area contributed by atoms with Crippen LogP contribution in [0.1, 0.15) is 11.1 Å². The lowest BCUT2D eigenvalue weighted by molar-refractivity contribution is 0.307. The van der Waals surface area contributed by atoms with Gasteiger partial charge in [0.15, 0.2) is 0 Å². The van der Waals surface area contributed by atoms with Crippen molar-refractivity contribution >= 4 is 27.2 Å². The molecule has 172 valence electrons. The fraction of sp³-hybridized carbons (Fsp3) is 0.154. The molecule has 1 aliphatic heterocycles. The number of nitrogens with one attached hydrogen (secondary N) is 1. The summed E-state index contributed by atoms with van der Waals surface area (Å²) in [6.07, 6.45) is 3.44. The van der Waals surface area contributed by atoms with Gasteiger partial charge in [-0.25, -0.2) is 18.4 Å². The number of hydrogen-bond donors (Lipinski definition) is 1. The molecule has 0 atom stereocenters. The zero-order chi connectivity index (χ0) is 23.5. The number of anilines is 3. The molecule has 1 aliphatic rings. The average Bonchev–Trinajstić information content (AvgIpc) is 3.28. The quantitative estimate of drug-likeness (QED) is 0.416. The molecule has 1 aromatic heterocycles. The van der Waals surface area contributed by atoms with E-state index in [-0.39, 0.29) is 0 Å². The summed E-state index contributed by atoms with van der Waals surface area (Å²) in [5.41, 5.74) is 5.15. The lowest BCUT2D eigenvalue weighted by Crippen LogP contribution is -2.27. The summed E-state index contributed by atoms with van der Waals surface area (Å²) in [6.45, 7) is 0.926.